The van der Waals surface area contributed by atoms with Crippen molar-refractivity contribution < 1.29 is 27.9 Å². The third-order valence-electron chi connectivity index (χ3n) is 3.04. The maximum atomic E-state index is 11.8. The number of rotatable bonds is 3. The zero-order chi connectivity index (χ0) is 15.6. The summed E-state index contributed by atoms with van der Waals surface area (Å²) in [6, 6.07) is 0. The SMILES string of the molecule is CC(C)(C)OC(=O)NC1(CC(=O)O)CCS(=O)(=O)CC1. The highest BCUT2D eigenvalue weighted by Crippen LogP contribution is 2.27. The zero-order valence-corrected chi connectivity index (χ0v) is 12.7. The molecule has 0 bridgehead atoms. The van der Waals surface area contributed by atoms with Crippen LogP contribution in [-0.2, 0) is 19.4 Å². The molecule has 1 saturated heterocycles. The first-order valence-corrected chi connectivity index (χ1v) is 8.19. The molecule has 20 heavy (non-hydrogen) atoms. The first-order chi connectivity index (χ1) is 8.93. The Morgan fingerprint density at radius 2 is 1.75 bits per heavy atom. The van der Waals surface area contributed by atoms with Gasteiger partial charge in [0.2, 0.25) is 0 Å². The minimum atomic E-state index is -3.15. The van der Waals surface area contributed by atoms with Crippen molar-refractivity contribution in [1.29, 1.82) is 0 Å². The largest absolute Gasteiger partial charge is 0.481 e. The fourth-order valence-corrected chi connectivity index (χ4v) is 3.69. The standard InChI is InChI=1S/C12H21NO6S/c1-11(2,3)19-10(16)13-12(8-9(14)15)4-6-20(17,18)7-5-12/h4-8H2,1-3H3,(H,13,16)(H,14,15). The van der Waals surface area contributed by atoms with Crippen LogP contribution in [0.3, 0.4) is 0 Å². The molecule has 0 unspecified atom stereocenters. The predicted octanol–water partition coefficient (Wildman–Crippen LogP) is 0.933. The Morgan fingerprint density at radius 3 is 2.15 bits per heavy atom. The third-order valence-corrected chi connectivity index (χ3v) is 4.69. The van der Waals surface area contributed by atoms with Gasteiger partial charge < -0.3 is 15.2 Å². The molecule has 1 aliphatic rings. The molecule has 0 aromatic carbocycles. The number of nitrogens with one attached hydrogen (secondary N) is 1. The van der Waals surface area contributed by atoms with Crippen molar-refractivity contribution in [3.8, 4) is 0 Å². The summed E-state index contributed by atoms with van der Waals surface area (Å²) < 4.78 is 28.0. The van der Waals surface area contributed by atoms with Crippen molar-refractivity contribution in [1.82, 2.24) is 5.32 Å². The number of hydrogen-bond acceptors (Lipinski definition) is 5. The van der Waals surface area contributed by atoms with E-state index < -0.39 is 33.0 Å². The van der Waals surface area contributed by atoms with Crippen LogP contribution in [-0.4, -0.2) is 48.2 Å². The van der Waals surface area contributed by atoms with Gasteiger partial charge in [0.05, 0.1) is 23.5 Å². The van der Waals surface area contributed by atoms with Crippen LogP contribution in [0.5, 0.6) is 0 Å². The van der Waals surface area contributed by atoms with Crippen molar-refractivity contribution in [2.24, 2.45) is 0 Å². The first-order valence-electron chi connectivity index (χ1n) is 6.37. The number of aliphatic carboxylic acids is 1. The van der Waals surface area contributed by atoms with E-state index in [2.05, 4.69) is 5.32 Å². The molecule has 0 atom stereocenters. The molecule has 116 valence electrons. The molecule has 0 saturated carbocycles. The summed E-state index contributed by atoms with van der Waals surface area (Å²) in [5, 5.41) is 11.5. The smallest absolute Gasteiger partial charge is 0.408 e. The van der Waals surface area contributed by atoms with Crippen LogP contribution in [0.2, 0.25) is 0 Å². The number of hydrogen-bond donors (Lipinski definition) is 2. The number of amides is 1. The number of carboxylic acids is 1. The summed E-state index contributed by atoms with van der Waals surface area (Å²) in [5.74, 6) is -1.34. The van der Waals surface area contributed by atoms with Gasteiger partial charge in [-0.05, 0) is 33.6 Å². The van der Waals surface area contributed by atoms with Crippen molar-refractivity contribution in [2.45, 2.75) is 51.2 Å². The third kappa shape index (κ3) is 5.36. The van der Waals surface area contributed by atoms with Crippen molar-refractivity contribution in [2.75, 3.05) is 11.5 Å². The second-order valence-electron chi connectivity index (χ2n) is 6.13. The van der Waals surface area contributed by atoms with Gasteiger partial charge in [0.25, 0.3) is 0 Å². The van der Waals surface area contributed by atoms with E-state index in [-0.39, 0.29) is 30.8 Å². The van der Waals surface area contributed by atoms with Crippen molar-refractivity contribution >= 4 is 21.9 Å². The van der Waals surface area contributed by atoms with E-state index in [1.807, 2.05) is 0 Å². The van der Waals surface area contributed by atoms with Crippen LogP contribution in [0, 0.1) is 0 Å². The summed E-state index contributed by atoms with van der Waals surface area (Å²) in [6.07, 6.45) is -0.873. The van der Waals surface area contributed by atoms with Gasteiger partial charge in [-0.3, -0.25) is 4.79 Å². The maximum absolute atomic E-state index is 11.8. The van der Waals surface area contributed by atoms with Crippen LogP contribution in [0.25, 0.3) is 0 Å². The number of sulfone groups is 1. The number of alkyl carbamates (subject to hydrolysis) is 1. The summed E-state index contributed by atoms with van der Waals surface area (Å²) in [5.41, 5.74) is -1.76. The minimum Gasteiger partial charge on any atom is -0.481 e. The lowest BCUT2D eigenvalue weighted by atomic mass is 9.88. The molecule has 0 aromatic rings. The Hall–Kier alpha value is -1.31. The van der Waals surface area contributed by atoms with Crippen LogP contribution in [0.4, 0.5) is 4.79 Å². The van der Waals surface area contributed by atoms with Crippen LogP contribution >= 0.6 is 0 Å². The molecule has 0 spiro atoms. The van der Waals surface area contributed by atoms with Gasteiger partial charge in [0, 0.05) is 0 Å². The molecule has 1 rings (SSSR count). The molecular formula is C12H21NO6S. The van der Waals surface area contributed by atoms with Gasteiger partial charge in [-0.25, -0.2) is 13.2 Å². The molecule has 8 heteroatoms. The molecule has 1 heterocycles. The number of carbonyl (C=O) groups excluding carboxylic acids is 1. The second kappa shape index (κ2) is 5.59. The zero-order valence-electron chi connectivity index (χ0n) is 11.9. The van der Waals surface area contributed by atoms with Gasteiger partial charge >= 0.3 is 12.1 Å². The monoisotopic (exact) mass is 307 g/mol. The highest BCUT2D eigenvalue weighted by atomic mass is 32.2. The van der Waals surface area contributed by atoms with Crippen LogP contribution < -0.4 is 5.32 Å². The van der Waals surface area contributed by atoms with E-state index in [4.69, 9.17) is 9.84 Å². The van der Waals surface area contributed by atoms with Crippen molar-refractivity contribution in [3.05, 3.63) is 0 Å². The van der Waals surface area contributed by atoms with Gasteiger partial charge in [-0.2, -0.15) is 0 Å². The Kier molecular flexibility index (Phi) is 4.68. The van der Waals surface area contributed by atoms with E-state index in [0.717, 1.165) is 0 Å². The Labute approximate surface area is 118 Å². The second-order valence-corrected chi connectivity index (χ2v) is 8.43. The quantitative estimate of drug-likeness (QED) is 0.802. The number of carboxylic acid groups (broad SMARTS) is 1. The van der Waals surface area contributed by atoms with Crippen LogP contribution in [0.15, 0.2) is 0 Å². The first kappa shape index (κ1) is 16.7. The Bertz CT molecular complexity index is 477. The van der Waals surface area contributed by atoms with E-state index in [1.54, 1.807) is 20.8 Å². The average Bonchev–Trinajstić information content (AvgIpc) is 2.19. The summed E-state index contributed by atoms with van der Waals surface area (Å²) in [6.45, 7) is 5.09. The van der Waals surface area contributed by atoms with Gasteiger partial charge in [-0.15, -0.1) is 0 Å². The molecule has 1 amide bonds. The molecule has 1 aliphatic heterocycles. The highest BCUT2D eigenvalue weighted by Gasteiger charge is 2.41. The summed E-state index contributed by atoms with van der Waals surface area (Å²) in [7, 11) is -3.15. The van der Waals surface area contributed by atoms with Crippen LogP contribution in [0.1, 0.15) is 40.0 Å². The maximum Gasteiger partial charge on any atom is 0.408 e. The van der Waals surface area contributed by atoms with E-state index in [0.29, 0.717) is 0 Å². The van der Waals surface area contributed by atoms with E-state index >= 15 is 0 Å². The molecule has 0 aliphatic carbocycles. The lowest BCUT2D eigenvalue weighted by molar-refractivity contribution is -0.138. The number of ether oxygens (including phenoxy) is 1. The highest BCUT2D eigenvalue weighted by molar-refractivity contribution is 7.91. The Morgan fingerprint density at radius 1 is 1.25 bits per heavy atom. The Balaban J connectivity index is 2.80. The minimum absolute atomic E-state index is 0.0842. The van der Waals surface area contributed by atoms with Crippen molar-refractivity contribution in [3.63, 3.8) is 0 Å². The van der Waals surface area contributed by atoms with E-state index in [9.17, 15) is 18.0 Å². The topological polar surface area (TPSA) is 110 Å². The lowest BCUT2D eigenvalue weighted by Gasteiger charge is -2.37. The average molecular weight is 307 g/mol. The molecule has 1 fully saturated rings. The summed E-state index contributed by atoms with van der Waals surface area (Å²) >= 11 is 0. The fraction of sp³-hybridized carbons (Fsp3) is 0.833. The predicted molar refractivity (Wildman–Crippen MR) is 72.2 cm³/mol. The fourth-order valence-electron chi connectivity index (χ4n) is 2.08. The lowest BCUT2D eigenvalue weighted by Crippen LogP contribution is -2.55. The van der Waals surface area contributed by atoms with Gasteiger partial charge in [0.1, 0.15) is 15.4 Å². The molecule has 7 nitrogen and oxygen atoms in total. The molecular weight excluding hydrogens is 286 g/mol. The summed E-state index contributed by atoms with van der Waals surface area (Å²) in [4.78, 5) is 22.8. The molecule has 0 radical (unpaired) electrons. The van der Waals surface area contributed by atoms with Gasteiger partial charge in [-0.1, -0.05) is 0 Å². The molecule has 2 N–H and O–H groups in total. The van der Waals surface area contributed by atoms with E-state index in [1.165, 1.54) is 0 Å². The normalized spacial score (nSPS) is 20.9. The van der Waals surface area contributed by atoms with Gasteiger partial charge in [0.15, 0.2) is 0 Å². The molecule has 0 aromatic heterocycles. The number of carbonyl (C=O) groups is 2.